The number of nitrogens with zero attached hydrogens (tertiary/aromatic N) is 1. The molecule has 3 aromatic rings. The van der Waals surface area contributed by atoms with E-state index >= 15 is 0 Å². The molecule has 0 spiro atoms. The van der Waals surface area contributed by atoms with Crippen molar-refractivity contribution in [3.05, 3.63) is 77.4 Å². The first-order chi connectivity index (χ1) is 11.3. The predicted molar refractivity (Wildman–Crippen MR) is 95.1 cm³/mol. The second-order valence-corrected chi connectivity index (χ2v) is 6.17. The number of hydrogen-bond acceptors (Lipinski definition) is 1. The lowest BCUT2D eigenvalue weighted by molar-refractivity contribution is 0.0985. The third-order valence-corrected chi connectivity index (χ3v) is 4.67. The summed E-state index contributed by atoms with van der Waals surface area (Å²) in [5, 5.41) is 2.42. The van der Waals surface area contributed by atoms with Crippen LogP contribution in [0.25, 0.3) is 10.8 Å². The van der Waals surface area contributed by atoms with E-state index in [0.29, 0.717) is 0 Å². The first-order valence-electron chi connectivity index (χ1n) is 8.14. The Hall–Kier alpha value is -2.61. The SMILES string of the molecule is Cc1cc2c(c3ccccc13)N(C(=O)c1ccccc1)CCC2. The van der Waals surface area contributed by atoms with E-state index in [1.807, 2.05) is 35.2 Å². The fraction of sp³-hybridized carbons (Fsp3) is 0.190. The third kappa shape index (κ3) is 2.31. The van der Waals surface area contributed by atoms with Crippen LogP contribution in [0.4, 0.5) is 5.69 Å². The highest BCUT2D eigenvalue weighted by atomic mass is 16.2. The first kappa shape index (κ1) is 14.0. The van der Waals surface area contributed by atoms with Crippen molar-refractivity contribution in [2.24, 2.45) is 0 Å². The average Bonchev–Trinajstić information content (AvgIpc) is 2.61. The van der Waals surface area contributed by atoms with Gasteiger partial charge in [-0.3, -0.25) is 4.79 Å². The summed E-state index contributed by atoms with van der Waals surface area (Å²) >= 11 is 0. The number of carbonyl (C=O) groups is 1. The number of carbonyl (C=O) groups excluding carboxylic acids is 1. The van der Waals surface area contributed by atoms with Crippen LogP contribution in [0.1, 0.15) is 27.9 Å². The maximum absolute atomic E-state index is 13.0. The van der Waals surface area contributed by atoms with Crippen molar-refractivity contribution in [2.45, 2.75) is 19.8 Å². The van der Waals surface area contributed by atoms with Gasteiger partial charge in [0.1, 0.15) is 0 Å². The number of rotatable bonds is 1. The van der Waals surface area contributed by atoms with E-state index < -0.39 is 0 Å². The van der Waals surface area contributed by atoms with Crippen molar-refractivity contribution < 1.29 is 4.79 Å². The van der Waals surface area contributed by atoms with Crippen LogP contribution in [0.15, 0.2) is 60.7 Å². The van der Waals surface area contributed by atoms with Crippen LogP contribution in [0.2, 0.25) is 0 Å². The van der Waals surface area contributed by atoms with Gasteiger partial charge in [-0.15, -0.1) is 0 Å². The molecule has 0 unspecified atom stereocenters. The van der Waals surface area contributed by atoms with Gasteiger partial charge in [0.2, 0.25) is 0 Å². The first-order valence-corrected chi connectivity index (χ1v) is 8.14. The van der Waals surface area contributed by atoms with E-state index in [0.717, 1.165) is 30.6 Å². The molecule has 0 aromatic heterocycles. The molecule has 0 saturated carbocycles. The van der Waals surface area contributed by atoms with E-state index in [9.17, 15) is 4.79 Å². The molecule has 0 N–H and O–H groups in total. The Bertz CT molecular complexity index is 883. The van der Waals surface area contributed by atoms with Crippen molar-refractivity contribution in [3.63, 3.8) is 0 Å². The molecule has 2 nitrogen and oxygen atoms in total. The Morgan fingerprint density at radius 3 is 2.43 bits per heavy atom. The minimum atomic E-state index is 0.0977. The van der Waals surface area contributed by atoms with Gasteiger partial charge in [0.15, 0.2) is 0 Å². The fourth-order valence-electron chi connectivity index (χ4n) is 3.60. The Morgan fingerprint density at radius 1 is 0.957 bits per heavy atom. The van der Waals surface area contributed by atoms with Gasteiger partial charge in [0.05, 0.1) is 5.69 Å². The zero-order valence-electron chi connectivity index (χ0n) is 13.3. The van der Waals surface area contributed by atoms with Gasteiger partial charge in [0, 0.05) is 17.5 Å². The summed E-state index contributed by atoms with van der Waals surface area (Å²) in [6.07, 6.45) is 2.06. The zero-order chi connectivity index (χ0) is 15.8. The van der Waals surface area contributed by atoms with Crippen molar-refractivity contribution in [1.29, 1.82) is 0 Å². The Morgan fingerprint density at radius 2 is 1.65 bits per heavy atom. The lowest BCUT2D eigenvalue weighted by Gasteiger charge is -2.31. The van der Waals surface area contributed by atoms with Crippen molar-refractivity contribution in [3.8, 4) is 0 Å². The summed E-state index contributed by atoms with van der Waals surface area (Å²) in [6, 6.07) is 20.2. The van der Waals surface area contributed by atoms with Crippen LogP contribution in [0, 0.1) is 6.92 Å². The molecular weight excluding hydrogens is 282 g/mol. The molecule has 1 heterocycles. The van der Waals surface area contributed by atoms with Crippen molar-refractivity contribution in [1.82, 2.24) is 0 Å². The van der Waals surface area contributed by atoms with Gasteiger partial charge in [-0.1, -0.05) is 48.5 Å². The Kier molecular flexibility index (Phi) is 3.38. The molecule has 114 valence electrons. The summed E-state index contributed by atoms with van der Waals surface area (Å²) in [7, 11) is 0. The molecule has 0 fully saturated rings. The Balaban J connectivity index is 1.91. The van der Waals surface area contributed by atoms with Crippen LogP contribution >= 0.6 is 0 Å². The molecule has 23 heavy (non-hydrogen) atoms. The van der Waals surface area contributed by atoms with E-state index in [2.05, 4.69) is 37.3 Å². The van der Waals surface area contributed by atoms with Crippen LogP contribution in [0.3, 0.4) is 0 Å². The molecule has 0 aliphatic carbocycles. The molecule has 0 radical (unpaired) electrons. The van der Waals surface area contributed by atoms with Gasteiger partial charge in [-0.25, -0.2) is 0 Å². The standard InChI is InChI=1S/C21H19NO/c1-15-14-17-10-7-13-22(21(23)16-8-3-2-4-9-16)20(17)19-12-6-5-11-18(15)19/h2-6,8-9,11-12,14H,7,10,13H2,1H3. The van der Waals surface area contributed by atoms with E-state index in [4.69, 9.17) is 0 Å². The molecule has 1 aliphatic heterocycles. The number of amides is 1. The zero-order valence-corrected chi connectivity index (χ0v) is 13.3. The summed E-state index contributed by atoms with van der Waals surface area (Å²) in [5.74, 6) is 0.0977. The van der Waals surface area contributed by atoms with Crippen LogP contribution in [0.5, 0.6) is 0 Å². The van der Waals surface area contributed by atoms with E-state index in [-0.39, 0.29) is 5.91 Å². The van der Waals surface area contributed by atoms with Gasteiger partial charge in [-0.2, -0.15) is 0 Å². The Labute approximate surface area is 136 Å². The summed E-state index contributed by atoms with van der Waals surface area (Å²) in [5.41, 5.74) is 4.43. The molecule has 4 rings (SSSR count). The summed E-state index contributed by atoms with van der Waals surface area (Å²) in [4.78, 5) is 15.0. The quantitative estimate of drug-likeness (QED) is 0.635. The molecular formula is C21H19NO. The number of aryl methyl sites for hydroxylation is 2. The number of anilines is 1. The molecule has 2 heteroatoms. The maximum atomic E-state index is 13.0. The number of fused-ring (bicyclic) bond motifs is 3. The monoisotopic (exact) mass is 301 g/mol. The summed E-state index contributed by atoms with van der Waals surface area (Å²) in [6.45, 7) is 2.94. The van der Waals surface area contributed by atoms with E-state index in [1.165, 1.54) is 21.9 Å². The molecule has 0 atom stereocenters. The molecule has 0 bridgehead atoms. The van der Waals surface area contributed by atoms with Gasteiger partial charge in [0.25, 0.3) is 5.91 Å². The predicted octanol–water partition coefficient (Wildman–Crippen LogP) is 4.74. The minimum absolute atomic E-state index is 0.0977. The average molecular weight is 301 g/mol. The largest absolute Gasteiger partial charge is 0.307 e. The summed E-state index contributed by atoms with van der Waals surface area (Å²) < 4.78 is 0. The third-order valence-electron chi connectivity index (χ3n) is 4.67. The lowest BCUT2D eigenvalue weighted by atomic mass is 9.93. The normalized spacial score (nSPS) is 13.9. The highest BCUT2D eigenvalue weighted by Gasteiger charge is 2.25. The van der Waals surface area contributed by atoms with Gasteiger partial charge < -0.3 is 4.90 Å². The molecule has 0 saturated heterocycles. The second-order valence-electron chi connectivity index (χ2n) is 6.17. The molecule has 1 aliphatic rings. The van der Waals surface area contributed by atoms with Crippen LogP contribution in [-0.2, 0) is 6.42 Å². The van der Waals surface area contributed by atoms with Gasteiger partial charge in [-0.05, 0) is 48.4 Å². The molecule has 1 amide bonds. The van der Waals surface area contributed by atoms with Crippen molar-refractivity contribution in [2.75, 3.05) is 11.4 Å². The smallest absolute Gasteiger partial charge is 0.258 e. The second kappa shape index (κ2) is 5.54. The highest BCUT2D eigenvalue weighted by Crippen LogP contribution is 2.37. The van der Waals surface area contributed by atoms with Gasteiger partial charge >= 0.3 is 0 Å². The van der Waals surface area contributed by atoms with Crippen LogP contribution in [-0.4, -0.2) is 12.5 Å². The maximum Gasteiger partial charge on any atom is 0.258 e. The fourth-order valence-corrected chi connectivity index (χ4v) is 3.60. The highest BCUT2D eigenvalue weighted by molar-refractivity contribution is 6.12. The number of hydrogen-bond donors (Lipinski definition) is 0. The molecule has 3 aromatic carbocycles. The topological polar surface area (TPSA) is 20.3 Å². The number of benzene rings is 3. The van der Waals surface area contributed by atoms with Crippen molar-refractivity contribution >= 4 is 22.4 Å². The van der Waals surface area contributed by atoms with E-state index in [1.54, 1.807) is 0 Å². The minimum Gasteiger partial charge on any atom is -0.307 e. The lowest BCUT2D eigenvalue weighted by Crippen LogP contribution is -2.35. The van der Waals surface area contributed by atoms with Crippen LogP contribution < -0.4 is 4.90 Å².